The van der Waals surface area contributed by atoms with Gasteiger partial charge in [-0.2, -0.15) is 0 Å². The molecular formula is CH2FeMnO. The van der Waals surface area contributed by atoms with E-state index in [2.05, 4.69) is 0 Å². The van der Waals surface area contributed by atoms with Crippen molar-refractivity contribution in [2.24, 2.45) is 0 Å². The number of hydrogen-bond donors (Lipinski definition) is 0. The summed E-state index contributed by atoms with van der Waals surface area (Å²) in [5.41, 5.74) is 0. The van der Waals surface area contributed by atoms with Crippen LogP contribution < -0.4 is 0 Å². The molecule has 0 saturated heterocycles. The molecule has 3 heteroatoms. The fraction of sp³-hybridized carbons (Fsp3) is 0. The third kappa shape index (κ3) is 15.7. The maximum Gasteiger partial charge on any atom is 0.106 e. The Labute approximate surface area is 46.1 Å². The molecule has 0 bridgehead atoms. The summed E-state index contributed by atoms with van der Waals surface area (Å²) >= 11 is 0. The summed E-state index contributed by atoms with van der Waals surface area (Å²) in [6.45, 7) is 2.00. The van der Waals surface area contributed by atoms with Gasteiger partial charge < -0.3 is 4.79 Å². The number of rotatable bonds is 0. The van der Waals surface area contributed by atoms with Crippen molar-refractivity contribution in [3.63, 3.8) is 0 Å². The molecule has 0 heterocycles. The molecule has 0 aromatic heterocycles. The van der Waals surface area contributed by atoms with Gasteiger partial charge >= 0.3 is 0 Å². The molecule has 0 fully saturated rings. The first-order valence-electron chi connectivity index (χ1n) is 0.289. The average Bonchev–Trinajstić information content (AvgIpc) is 1.00. The van der Waals surface area contributed by atoms with Gasteiger partial charge in [-0.1, -0.05) is 0 Å². The molecule has 0 unspecified atom stereocenters. The summed E-state index contributed by atoms with van der Waals surface area (Å²) < 4.78 is 0. The van der Waals surface area contributed by atoms with Gasteiger partial charge in [-0.25, -0.2) is 0 Å². The van der Waals surface area contributed by atoms with E-state index in [-0.39, 0.29) is 34.1 Å². The van der Waals surface area contributed by atoms with E-state index in [4.69, 9.17) is 4.79 Å². The molecule has 0 aromatic carbocycles. The summed E-state index contributed by atoms with van der Waals surface area (Å²) in [6, 6.07) is 0. The topological polar surface area (TPSA) is 17.1 Å². The van der Waals surface area contributed by atoms with Gasteiger partial charge in [0, 0.05) is 34.1 Å². The second-order valence-corrected chi connectivity index (χ2v) is 0. The van der Waals surface area contributed by atoms with Crippen molar-refractivity contribution < 1.29 is 38.9 Å². The van der Waals surface area contributed by atoms with E-state index < -0.39 is 0 Å². The zero-order valence-corrected chi connectivity index (χ0v) is 4.13. The number of hydrogen-bond acceptors (Lipinski definition) is 1. The summed E-state index contributed by atoms with van der Waals surface area (Å²) in [5.74, 6) is 0. The fourth-order valence-corrected chi connectivity index (χ4v) is 0. The van der Waals surface area contributed by atoms with Crippen LogP contribution in [0.25, 0.3) is 0 Å². The van der Waals surface area contributed by atoms with E-state index in [1.165, 1.54) is 0 Å². The Morgan fingerprint density at radius 1 is 1.25 bits per heavy atom. The summed E-state index contributed by atoms with van der Waals surface area (Å²) in [4.78, 5) is 8.00. The smallest absolute Gasteiger partial charge is 0.106 e. The molecule has 0 amide bonds. The Kier molecular flexibility index (Phi) is 300. The maximum absolute atomic E-state index is 8.00. The van der Waals surface area contributed by atoms with Crippen molar-refractivity contribution in [2.45, 2.75) is 0 Å². The first-order valence-corrected chi connectivity index (χ1v) is 0.289. The van der Waals surface area contributed by atoms with E-state index in [9.17, 15) is 0 Å². The van der Waals surface area contributed by atoms with Gasteiger partial charge in [-0.15, -0.1) is 0 Å². The summed E-state index contributed by atoms with van der Waals surface area (Å²) in [6.07, 6.45) is 0. The van der Waals surface area contributed by atoms with Gasteiger partial charge in [0.05, 0.1) is 0 Å². The SMILES string of the molecule is C=O.[Fe].[Mn]. The monoisotopic (exact) mass is 141 g/mol. The van der Waals surface area contributed by atoms with Crippen LogP contribution in [-0.2, 0) is 38.9 Å². The van der Waals surface area contributed by atoms with Crippen LogP contribution >= 0.6 is 0 Å². The largest absolute Gasteiger partial charge is 0.307 e. The molecule has 0 saturated carbocycles. The zero-order valence-electron chi connectivity index (χ0n) is 1.85. The molecule has 0 N–H and O–H groups in total. The predicted octanol–water partition coefficient (Wildman–Crippen LogP) is -0.190. The molecular weight excluding hydrogens is 139 g/mol. The minimum atomic E-state index is 0. The first kappa shape index (κ1) is 22.2. The maximum atomic E-state index is 8.00. The van der Waals surface area contributed by atoms with Crippen molar-refractivity contribution in [3.05, 3.63) is 0 Å². The average molecular weight is 141 g/mol. The number of carbonyl (C=O) groups excluding carboxylic acids is 1. The van der Waals surface area contributed by atoms with Gasteiger partial charge in [0.2, 0.25) is 0 Å². The minimum absolute atomic E-state index is 0. The van der Waals surface area contributed by atoms with E-state index >= 15 is 0 Å². The van der Waals surface area contributed by atoms with Gasteiger partial charge in [-0.3, -0.25) is 0 Å². The second-order valence-electron chi connectivity index (χ2n) is 0. The van der Waals surface area contributed by atoms with Crippen LogP contribution in [0, 0.1) is 0 Å². The Balaban J connectivity index is -0.00000000500. The Bertz CT molecular complexity index is 8.00. The molecule has 0 aromatic rings. The molecule has 0 spiro atoms. The third-order valence-electron chi connectivity index (χ3n) is 0. The van der Waals surface area contributed by atoms with E-state index in [0.717, 1.165) is 0 Å². The van der Waals surface area contributed by atoms with Gasteiger partial charge in [0.25, 0.3) is 0 Å². The normalized spacial score (nSPS) is 1.00. The number of carbonyl (C=O) groups is 1. The molecule has 0 aliphatic carbocycles. The third-order valence-corrected chi connectivity index (χ3v) is 0. The van der Waals surface area contributed by atoms with Crippen LogP contribution in [0.1, 0.15) is 0 Å². The Morgan fingerprint density at radius 2 is 1.25 bits per heavy atom. The first-order chi connectivity index (χ1) is 1.00. The van der Waals surface area contributed by atoms with Crippen LogP contribution in [-0.4, -0.2) is 6.79 Å². The van der Waals surface area contributed by atoms with Gasteiger partial charge in [-0.05, 0) is 0 Å². The van der Waals surface area contributed by atoms with Crippen molar-refractivity contribution in [1.29, 1.82) is 0 Å². The van der Waals surface area contributed by atoms with E-state index in [1.807, 2.05) is 6.79 Å². The van der Waals surface area contributed by atoms with Crippen LogP contribution in [0.5, 0.6) is 0 Å². The molecule has 1 nitrogen and oxygen atoms in total. The van der Waals surface area contributed by atoms with Gasteiger partial charge in [0.15, 0.2) is 0 Å². The predicted molar refractivity (Wildman–Crippen MR) is 7.12 cm³/mol. The van der Waals surface area contributed by atoms with Crippen molar-refractivity contribution in [3.8, 4) is 0 Å². The van der Waals surface area contributed by atoms with E-state index in [0.29, 0.717) is 0 Å². The van der Waals surface area contributed by atoms with E-state index in [1.54, 1.807) is 0 Å². The van der Waals surface area contributed by atoms with Crippen LogP contribution in [0.2, 0.25) is 0 Å². The minimum Gasteiger partial charge on any atom is -0.307 e. The van der Waals surface area contributed by atoms with Crippen LogP contribution in [0.4, 0.5) is 0 Å². The van der Waals surface area contributed by atoms with Crippen molar-refractivity contribution in [2.75, 3.05) is 0 Å². The standard InChI is InChI=1S/CH2O.Fe.Mn/c1-2;;/h1H2;;. The summed E-state index contributed by atoms with van der Waals surface area (Å²) in [5, 5.41) is 0. The van der Waals surface area contributed by atoms with Crippen molar-refractivity contribution in [1.82, 2.24) is 0 Å². The van der Waals surface area contributed by atoms with Crippen LogP contribution in [0.15, 0.2) is 0 Å². The fourth-order valence-electron chi connectivity index (χ4n) is 0. The zero-order chi connectivity index (χ0) is 2.00. The molecule has 0 aliphatic heterocycles. The second kappa shape index (κ2) is 54.2. The summed E-state index contributed by atoms with van der Waals surface area (Å²) in [7, 11) is 0. The molecule has 27 valence electrons. The Hall–Kier alpha value is 0.709. The van der Waals surface area contributed by atoms with Crippen molar-refractivity contribution >= 4 is 6.79 Å². The molecule has 4 heavy (non-hydrogen) atoms. The molecule has 0 atom stereocenters. The van der Waals surface area contributed by atoms with Crippen LogP contribution in [0.3, 0.4) is 0 Å². The molecule has 0 rings (SSSR count). The molecule has 1 radical (unpaired) electrons. The molecule has 0 aliphatic rings. The Morgan fingerprint density at radius 3 is 1.25 bits per heavy atom. The quantitative estimate of drug-likeness (QED) is 0.427. The van der Waals surface area contributed by atoms with Gasteiger partial charge in [0.1, 0.15) is 6.79 Å².